The van der Waals surface area contributed by atoms with Gasteiger partial charge in [-0.3, -0.25) is 0 Å². The van der Waals surface area contributed by atoms with Crippen LogP contribution >= 0.6 is 11.8 Å². The molecule has 1 atom stereocenters. The van der Waals surface area contributed by atoms with E-state index >= 15 is 0 Å². The fourth-order valence-electron chi connectivity index (χ4n) is 1.90. The topological polar surface area (TPSA) is 29.9 Å². The number of rotatable bonds is 6. The second-order valence-electron chi connectivity index (χ2n) is 4.18. The Morgan fingerprint density at radius 3 is 2.74 bits per heavy atom. The van der Waals surface area contributed by atoms with Crippen LogP contribution < -0.4 is 5.32 Å². The first kappa shape index (κ1) is 14.1. The Morgan fingerprint density at radius 2 is 2.11 bits per heavy atom. The zero-order valence-corrected chi connectivity index (χ0v) is 12.0. The Hall–Kier alpha value is -1.33. The van der Waals surface area contributed by atoms with Crippen molar-refractivity contribution < 1.29 is 4.39 Å². The summed E-state index contributed by atoms with van der Waals surface area (Å²) in [4.78, 5) is 5.48. The van der Waals surface area contributed by atoms with Gasteiger partial charge in [0.05, 0.1) is 6.04 Å². The first-order chi connectivity index (χ1) is 9.24. The van der Waals surface area contributed by atoms with E-state index in [2.05, 4.69) is 21.8 Å². The van der Waals surface area contributed by atoms with Gasteiger partial charge in [-0.2, -0.15) is 0 Å². The van der Waals surface area contributed by atoms with E-state index in [1.54, 1.807) is 23.9 Å². The summed E-state index contributed by atoms with van der Waals surface area (Å²) in [5, 5.41) is 3.28. The number of benzene rings is 1. The highest BCUT2D eigenvalue weighted by Crippen LogP contribution is 2.24. The van der Waals surface area contributed by atoms with Crippen LogP contribution in [0.1, 0.15) is 18.8 Å². The van der Waals surface area contributed by atoms with Crippen molar-refractivity contribution in [3.63, 3.8) is 0 Å². The first-order valence-electron chi connectivity index (χ1n) is 6.31. The molecule has 0 aliphatic carbocycles. The molecular weight excluding hydrogens is 261 g/mol. The van der Waals surface area contributed by atoms with E-state index in [1.807, 2.05) is 19.4 Å². The van der Waals surface area contributed by atoms with Gasteiger partial charge in [0, 0.05) is 29.6 Å². The summed E-state index contributed by atoms with van der Waals surface area (Å²) in [7, 11) is 1.94. The normalized spacial score (nSPS) is 12.6. The summed E-state index contributed by atoms with van der Waals surface area (Å²) >= 11 is 1.70. The molecule has 1 heterocycles. The smallest absolute Gasteiger partial charge is 0.126 e. The minimum atomic E-state index is -0.198. The van der Waals surface area contributed by atoms with Gasteiger partial charge in [-0.05, 0) is 38.2 Å². The molecule has 1 aromatic carbocycles. The van der Waals surface area contributed by atoms with Crippen LogP contribution in [0.25, 0.3) is 0 Å². The van der Waals surface area contributed by atoms with Crippen molar-refractivity contribution in [1.82, 2.24) is 14.9 Å². The number of hydrogen-bond donors (Lipinski definition) is 1. The van der Waals surface area contributed by atoms with E-state index in [1.165, 1.54) is 12.1 Å². The molecule has 5 heteroatoms. The number of thioether (sulfide) groups is 1. The second-order valence-corrected chi connectivity index (χ2v) is 5.27. The number of imidazole rings is 1. The van der Waals surface area contributed by atoms with Crippen LogP contribution in [0.2, 0.25) is 0 Å². The molecule has 1 N–H and O–H groups in total. The summed E-state index contributed by atoms with van der Waals surface area (Å²) in [6.45, 7) is 3.01. The maximum atomic E-state index is 12.8. The molecule has 0 spiro atoms. The number of hydrogen-bond acceptors (Lipinski definition) is 3. The Morgan fingerprint density at radius 1 is 1.37 bits per heavy atom. The van der Waals surface area contributed by atoms with Gasteiger partial charge in [-0.25, -0.2) is 9.37 Å². The fourth-order valence-corrected chi connectivity index (χ4v) is 2.90. The number of nitrogens with one attached hydrogen (secondary N) is 1. The average Bonchev–Trinajstić information content (AvgIpc) is 2.90. The lowest BCUT2D eigenvalue weighted by Crippen LogP contribution is -2.22. The molecule has 1 aromatic heterocycles. The zero-order chi connectivity index (χ0) is 13.7. The molecule has 3 nitrogen and oxygen atoms in total. The molecule has 19 heavy (non-hydrogen) atoms. The van der Waals surface area contributed by atoms with E-state index in [0.29, 0.717) is 0 Å². The van der Waals surface area contributed by atoms with Gasteiger partial charge >= 0.3 is 0 Å². The predicted octanol–water partition coefficient (Wildman–Crippen LogP) is 3.09. The standard InChI is InChI=1S/C14H18FN3S/c1-3-18-9-8-17-14(18)13(16-2)10-19-12-6-4-11(15)5-7-12/h4-9,13,16H,3,10H2,1-2H3. The third-order valence-electron chi connectivity index (χ3n) is 2.98. The van der Waals surface area contributed by atoms with Crippen molar-refractivity contribution in [3.05, 3.63) is 48.3 Å². The van der Waals surface area contributed by atoms with Crippen molar-refractivity contribution in [2.75, 3.05) is 12.8 Å². The Kier molecular flexibility index (Phi) is 4.99. The lowest BCUT2D eigenvalue weighted by atomic mass is 10.3. The first-order valence-corrected chi connectivity index (χ1v) is 7.29. The third-order valence-corrected chi connectivity index (χ3v) is 4.08. The lowest BCUT2D eigenvalue weighted by Gasteiger charge is -2.16. The van der Waals surface area contributed by atoms with Crippen LogP contribution in [-0.4, -0.2) is 22.4 Å². The largest absolute Gasteiger partial charge is 0.334 e. The molecule has 0 aliphatic rings. The van der Waals surface area contributed by atoms with Crippen molar-refractivity contribution >= 4 is 11.8 Å². The molecule has 0 bridgehead atoms. The summed E-state index contributed by atoms with van der Waals surface area (Å²) in [6.07, 6.45) is 3.81. The number of aryl methyl sites for hydroxylation is 1. The molecule has 0 saturated carbocycles. The molecule has 102 valence electrons. The van der Waals surface area contributed by atoms with Crippen LogP contribution in [0, 0.1) is 5.82 Å². The molecule has 1 unspecified atom stereocenters. The Labute approximate surface area is 117 Å². The Balaban J connectivity index is 2.02. The van der Waals surface area contributed by atoms with Crippen LogP contribution in [0.15, 0.2) is 41.6 Å². The molecular formula is C14H18FN3S. The van der Waals surface area contributed by atoms with Crippen molar-refractivity contribution in [2.45, 2.75) is 24.4 Å². The van der Waals surface area contributed by atoms with E-state index in [9.17, 15) is 4.39 Å². The summed E-state index contributed by atoms with van der Waals surface area (Å²) in [5.74, 6) is 1.70. The van der Waals surface area contributed by atoms with Gasteiger partial charge in [-0.15, -0.1) is 11.8 Å². The van der Waals surface area contributed by atoms with Gasteiger partial charge in [0.2, 0.25) is 0 Å². The second kappa shape index (κ2) is 6.73. The van der Waals surface area contributed by atoms with Crippen LogP contribution in [0.5, 0.6) is 0 Å². The van der Waals surface area contributed by atoms with Crippen molar-refractivity contribution in [3.8, 4) is 0 Å². The summed E-state index contributed by atoms with van der Waals surface area (Å²) in [6, 6.07) is 6.77. The minimum Gasteiger partial charge on any atom is -0.334 e. The van der Waals surface area contributed by atoms with Gasteiger partial charge in [-0.1, -0.05) is 0 Å². The number of aromatic nitrogens is 2. The quantitative estimate of drug-likeness (QED) is 0.824. The molecule has 2 rings (SSSR count). The van der Waals surface area contributed by atoms with Crippen molar-refractivity contribution in [1.29, 1.82) is 0 Å². The SMILES string of the molecule is CCn1ccnc1C(CSc1ccc(F)cc1)NC. The van der Waals surface area contributed by atoms with E-state index in [-0.39, 0.29) is 11.9 Å². The van der Waals surface area contributed by atoms with Crippen LogP contribution in [0.3, 0.4) is 0 Å². The van der Waals surface area contributed by atoms with E-state index in [0.717, 1.165) is 23.0 Å². The third kappa shape index (κ3) is 3.58. The van der Waals surface area contributed by atoms with Gasteiger partial charge < -0.3 is 9.88 Å². The lowest BCUT2D eigenvalue weighted by molar-refractivity contribution is 0.570. The number of halogens is 1. The maximum absolute atomic E-state index is 12.8. The zero-order valence-electron chi connectivity index (χ0n) is 11.1. The average molecular weight is 279 g/mol. The van der Waals surface area contributed by atoms with Gasteiger partial charge in [0.1, 0.15) is 11.6 Å². The molecule has 0 saturated heterocycles. The molecule has 0 amide bonds. The highest BCUT2D eigenvalue weighted by atomic mass is 32.2. The highest BCUT2D eigenvalue weighted by molar-refractivity contribution is 7.99. The monoisotopic (exact) mass is 279 g/mol. The molecule has 2 aromatic rings. The van der Waals surface area contributed by atoms with E-state index in [4.69, 9.17) is 0 Å². The number of nitrogens with zero attached hydrogens (tertiary/aromatic N) is 2. The Bertz CT molecular complexity index is 510. The van der Waals surface area contributed by atoms with Gasteiger partial charge in [0.25, 0.3) is 0 Å². The van der Waals surface area contributed by atoms with Crippen LogP contribution in [-0.2, 0) is 6.54 Å². The maximum Gasteiger partial charge on any atom is 0.126 e. The van der Waals surface area contributed by atoms with Crippen molar-refractivity contribution in [2.24, 2.45) is 0 Å². The van der Waals surface area contributed by atoms with E-state index < -0.39 is 0 Å². The summed E-state index contributed by atoms with van der Waals surface area (Å²) in [5.41, 5.74) is 0. The fraction of sp³-hybridized carbons (Fsp3) is 0.357. The van der Waals surface area contributed by atoms with Gasteiger partial charge in [0.15, 0.2) is 0 Å². The minimum absolute atomic E-state index is 0.185. The summed E-state index contributed by atoms with van der Waals surface area (Å²) < 4.78 is 15.0. The predicted molar refractivity (Wildman–Crippen MR) is 76.8 cm³/mol. The highest BCUT2D eigenvalue weighted by Gasteiger charge is 2.14. The van der Waals surface area contributed by atoms with Crippen LogP contribution in [0.4, 0.5) is 4.39 Å². The molecule has 0 aliphatic heterocycles. The molecule has 0 fully saturated rings. The molecule has 0 radical (unpaired) electrons.